The van der Waals surface area contributed by atoms with Crippen LogP contribution in [0.3, 0.4) is 0 Å². The van der Waals surface area contributed by atoms with E-state index in [1.807, 2.05) is 6.92 Å². The Morgan fingerprint density at radius 2 is 2.50 bits per heavy atom. The van der Waals surface area contributed by atoms with Crippen LogP contribution in [-0.4, -0.2) is 57.8 Å². The Kier molecular flexibility index (Phi) is 4.57. The van der Waals surface area contributed by atoms with E-state index < -0.39 is 12.1 Å². The molecule has 0 aromatic carbocycles. The van der Waals surface area contributed by atoms with Gasteiger partial charge in [0.15, 0.2) is 0 Å². The molecule has 0 spiro atoms. The summed E-state index contributed by atoms with van der Waals surface area (Å²) in [6.45, 7) is 2.91. The van der Waals surface area contributed by atoms with Gasteiger partial charge in [0, 0.05) is 25.5 Å². The van der Waals surface area contributed by atoms with Gasteiger partial charge in [-0.1, -0.05) is 0 Å². The van der Waals surface area contributed by atoms with E-state index in [4.69, 9.17) is 9.84 Å². The number of nitrogens with one attached hydrogen (secondary N) is 2. The van der Waals surface area contributed by atoms with Gasteiger partial charge in [-0.05, 0) is 6.92 Å². The van der Waals surface area contributed by atoms with Crippen molar-refractivity contribution in [2.24, 2.45) is 0 Å². The highest BCUT2D eigenvalue weighted by atomic mass is 16.5. The number of carbonyl (C=O) groups is 2. The number of carbonyl (C=O) groups excluding carboxylic acids is 1. The number of ether oxygens (including phenoxy) is 1. The molecule has 2 unspecified atom stereocenters. The first-order valence-electron chi connectivity index (χ1n) is 6.44. The maximum Gasteiger partial charge on any atom is 0.318 e. The summed E-state index contributed by atoms with van der Waals surface area (Å²) < 4.78 is 5.33. The third-order valence-electron chi connectivity index (χ3n) is 3.10. The normalized spacial score (nSPS) is 20.4. The Hall–Kier alpha value is -2.09. The van der Waals surface area contributed by atoms with E-state index in [0.29, 0.717) is 19.0 Å². The fourth-order valence-corrected chi connectivity index (χ4v) is 2.08. The highest BCUT2D eigenvalue weighted by Crippen LogP contribution is 2.11. The Morgan fingerprint density at radius 3 is 3.15 bits per heavy atom. The Bertz CT molecular complexity index is 462. The average Bonchev–Trinajstić information content (AvgIpc) is 2.92. The summed E-state index contributed by atoms with van der Waals surface area (Å²) in [5.41, 5.74) is 0. The van der Waals surface area contributed by atoms with Crippen LogP contribution in [0.4, 0.5) is 4.79 Å². The maximum atomic E-state index is 12.1. The minimum Gasteiger partial charge on any atom is -0.481 e. The predicted molar refractivity (Wildman–Crippen MR) is 69.1 cm³/mol. The molecule has 0 aliphatic carbocycles. The molecule has 2 amide bonds. The summed E-state index contributed by atoms with van der Waals surface area (Å²) in [4.78, 5) is 31.3. The zero-order valence-corrected chi connectivity index (χ0v) is 11.2. The monoisotopic (exact) mass is 282 g/mol. The average molecular weight is 282 g/mol. The lowest BCUT2D eigenvalue weighted by Gasteiger charge is -2.33. The molecule has 0 bridgehead atoms. The first kappa shape index (κ1) is 14.3. The highest BCUT2D eigenvalue weighted by molar-refractivity contribution is 5.75. The fourth-order valence-electron chi connectivity index (χ4n) is 2.08. The van der Waals surface area contributed by atoms with Gasteiger partial charge in [-0.15, -0.1) is 0 Å². The van der Waals surface area contributed by atoms with Crippen LogP contribution in [0.25, 0.3) is 0 Å². The number of aliphatic carboxylic acids is 1. The third kappa shape index (κ3) is 3.70. The van der Waals surface area contributed by atoms with Crippen LogP contribution in [-0.2, 0) is 9.53 Å². The Balaban J connectivity index is 1.87. The molecule has 2 rings (SSSR count). The standard InChI is InChI=1S/C12H18N4O4/c1-8(11-13-2-3-14-11)15-12(19)16-4-5-20-9(7-16)6-10(17)18/h2-3,8-9H,4-7H2,1H3,(H,13,14)(H,15,19)(H,17,18). The molecule has 20 heavy (non-hydrogen) atoms. The summed E-state index contributed by atoms with van der Waals surface area (Å²) in [7, 11) is 0. The van der Waals surface area contributed by atoms with E-state index in [0.717, 1.165) is 0 Å². The SMILES string of the molecule is CC(NC(=O)N1CCOC(CC(=O)O)C1)c1ncc[nH]1. The van der Waals surface area contributed by atoms with E-state index in [2.05, 4.69) is 15.3 Å². The number of urea groups is 1. The van der Waals surface area contributed by atoms with Crippen LogP contribution >= 0.6 is 0 Å². The van der Waals surface area contributed by atoms with Gasteiger partial charge in [-0.3, -0.25) is 4.79 Å². The number of hydrogen-bond acceptors (Lipinski definition) is 4. The summed E-state index contributed by atoms with van der Waals surface area (Å²) in [6, 6.07) is -0.481. The lowest BCUT2D eigenvalue weighted by Crippen LogP contribution is -2.50. The molecule has 1 aromatic heterocycles. The molecule has 2 heterocycles. The van der Waals surface area contributed by atoms with Crippen molar-refractivity contribution in [2.75, 3.05) is 19.7 Å². The molecule has 8 heteroatoms. The topological polar surface area (TPSA) is 108 Å². The molecule has 1 saturated heterocycles. The van der Waals surface area contributed by atoms with Crippen molar-refractivity contribution >= 4 is 12.0 Å². The second kappa shape index (κ2) is 6.38. The van der Waals surface area contributed by atoms with E-state index in [1.165, 1.54) is 0 Å². The molecule has 110 valence electrons. The van der Waals surface area contributed by atoms with E-state index in [-0.39, 0.29) is 25.0 Å². The number of aromatic amines is 1. The second-order valence-electron chi connectivity index (χ2n) is 4.68. The summed E-state index contributed by atoms with van der Waals surface area (Å²) in [5, 5.41) is 11.6. The second-order valence-corrected chi connectivity index (χ2v) is 4.68. The van der Waals surface area contributed by atoms with Crippen LogP contribution in [0.15, 0.2) is 12.4 Å². The number of hydrogen-bond donors (Lipinski definition) is 3. The van der Waals surface area contributed by atoms with Gasteiger partial charge < -0.3 is 25.0 Å². The molecule has 0 saturated carbocycles. The highest BCUT2D eigenvalue weighted by Gasteiger charge is 2.26. The van der Waals surface area contributed by atoms with E-state index in [1.54, 1.807) is 17.3 Å². The number of rotatable bonds is 4. The number of morpholine rings is 1. The molecule has 2 atom stereocenters. The van der Waals surface area contributed by atoms with Crippen LogP contribution in [0, 0.1) is 0 Å². The molecular weight excluding hydrogens is 264 g/mol. The van der Waals surface area contributed by atoms with Crippen LogP contribution in [0.5, 0.6) is 0 Å². The summed E-state index contributed by atoms with van der Waals surface area (Å²) in [6.07, 6.45) is 2.76. The van der Waals surface area contributed by atoms with Crippen molar-refractivity contribution in [3.63, 3.8) is 0 Å². The largest absolute Gasteiger partial charge is 0.481 e. The van der Waals surface area contributed by atoms with Crippen molar-refractivity contribution in [1.29, 1.82) is 0 Å². The molecule has 1 aliphatic heterocycles. The van der Waals surface area contributed by atoms with Crippen LogP contribution < -0.4 is 5.32 Å². The summed E-state index contributed by atoms with van der Waals surface area (Å²) >= 11 is 0. The lowest BCUT2D eigenvalue weighted by atomic mass is 10.2. The number of carboxylic acid groups (broad SMARTS) is 1. The van der Waals surface area contributed by atoms with Crippen molar-refractivity contribution in [3.8, 4) is 0 Å². The third-order valence-corrected chi connectivity index (χ3v) is 3.10. The van der Waals surface area contributed by atoms with Gasteiger partial charge in [0.25, 0.3) is 0 Å². The van der Waals surface area contributed by atoms with E-state index >= 15 is 0 Å². The van der Waals surface area contributed by atoms with Gasteiger partial charge in [-0.25, -0.2) is 9.78 Å². The summed E-state index contributed by atoms with van der Waals surface area (Å²) in [5.74, 6) is -0.255. The minimum absolute atomic E-state index is 0.0997. The van der Waals surface area contributed by atoms with Gasteiger partial charge >= 0.3 is 12.0 Å². The number of carboxylic acids is 1. The van der Waals surface area contributed by atoms with Crippen LogP contribution in [0.1, 0.15) is 25.2 Å². The maximum absolute atomic E-state index is 12.1. The Labute approximate surface area is 116 Å². The van der Waals surface area contributed by atoms with Gasteiger partial charge in [0.1, 0.15) is 5.82 Å². The zero-order chi connectivity index (χ0) is 14.5. The van der Waals surface area contributed by atoms with Crippen molar-refractivity contribution < 1.29 is 19.4 Å². The number of amides is 2. The smallest absolute Gasteiger partial charge is 0.318 e. The predicted octanol–water partition coefficient (Wildman–Crippen LogP) is 0.356. The first-order valence-corrected chi connectivity index (χ1v) is 6.44. The molecule has 3 N–H and O–H groups in total. The van der Waals surface area contributed by atoms with Crippen molar-refractivity contribution in [2.45, 2.75) is 25.5 Å². The number of H-pyrrole nitrogens is 1. The quantitative estimate of drug-likeness (QED) is 0.739. The van der Waals surface area contributed by atoms with E-state index in [9.17, 15) is 9.59 Å². The number of imidazole rings is 1. The molecular formula is C12H18N4O4. The van der Waals surface area contributed by atoms with Crippen molar-refractivity contribution in [3.05, 3.63) is 18.2 Å². The fraction of sp³-hybridized carbons (Fsp3) is 0.583. The number of nitrogens with zero attached hydrogens (tertiary/aromatic N) is 2. The first-order chi connectivity index (χ1) is 9.56. The zero-order valence-electron chi connectivity index (χ0n) is 11.2. The van der Waals surface area contributed by atoms with Crippen LogP contribution in [0.2, 0.25) is 0 Å². The number of aromatic nitrogens is 2. The molecule has 0 radical (unpaired) electrons. The van der Waals surface area contributed by atoms with Gasteiger partial charge in [0.2, 0.25) is 0 Å². The van der Waals surface area contributed by atoms with Gasteiger partial charge in [0.05, 0.1) is 25.2 Å². The molecule has 1 fully saturated rings. The minimum atomic E-state index is -0.929. The Morgan fingerprint density at radius 1 is 1.70 bits per heavy atom. The van der Waals surface area contributed by atoms with Crippen molar-refractivity contribution in [1.82, 2.24) is 20.2 Å². The molecule has 8 nitrogen and oxygen atoms in total. The molecule has 1 aliphatic rings. The van der Waals surface area contributed by atoms with Gasteiger partial charge in [-0.2, -0.15) is 0 Å². The molecule has 1 aromatic rings. The lowest BCUT2D eigenvalue weighted by molar-refractivity contribution is -0.141.